The summed E-state index contributed by atoms with van der Waals surface area (Å²) in [6, 6.07) is 3.34. The zero-order valence-corrected chi connectivity index (χ0v) is 18.8. The third-order valence-electron chi connectivity index (χ3n) is 5.49. The zero-order chi connectivity index (χ0) is 22.1. The predicted molar refractivity (Wildman–Crippen MR) is 118 cm³/mol. The molecular weight excluding hydrogens is 380 g/mol. The number of carbonyl (C=O) groups excluding carboxylic acids is 2. The van der Waals surface area contributed by atoms with Crippen LogP contribution in [0, 0.1) is 17.8 Å². The molecule has 1 aromatic rings. The van der Waals surface area contributed by atoms with Crippen LogP contribution in [0.15, 0.2) is 18.3 Å². The summed E-state index contributed by atoms with van der Waals surface area (Å²) < 4.78 is 5.91. The third-order valence-corrected chi connectivity index (χ3v) is 5.49. The number of hydrogen-bond donors (Lipinski definition) is 3. The predicted octanol–water partition coefficient (Wildman–Crippen LogP) is 3.88. The largest absolute Gasteiger partial charge is 0.474 e. The number of carbonyl (C=O) groups is 2. The lowest BCUT2D eigenvalue weighted by molar-refractivity contribution is 0.0980. The van der Waals surface area contributed by atoms with E-state index in [1.54, 1.807) is 18.3 Å². The van der Waals surface area contributed by atoms with Crippen LogP contribution in [0.2, 0.25) is 0 Å². The Morgan fingerprint density at radius 1 is 1.13 bits per heavy atom. The van der Waals surface area contributed by atoms with Crippen molar-refractivity contribution in [2.24, 2.45) is 23.5 Å². The van der Waals surface area contributed by atoms with Gasteiger partial charge in [-0.05, 0) is 68.4 Å². The lowest BCUT2D eigenvalue weighted by Crippen LogP contribution is -2.46. The van der Waals surface area contributed by atoms with Gasteiger partial charge < -0.3 is 21.1 Å². The maximum Gasteiger partial charge on any atom is 0.315 e. The minimum Gasteiger partial charge on any atom is -0.474 e. The first kappa shape index (κ1) is 24.0. The van der Waals surface area contributed by atoms with Gasteiger partial charge in [0, 0.05) is 18.8 Å². The molecule has 168 valence electrons. The Morgan fingerprint density at radius 2 is 1.77 bits per heavy atom. The second-order valence-corrected chi connectivity index (χ2v) is 9.29. The van der Waals surface area contributed by atoms with Gasteiger partial charge in [0.2, 0.25) is 5.88 Å². The Hall–Kier alpha value is -2.31. The quantitative estimate of drug-likeness (QED) is 0.536. The van der Waals surface area contributed by atoms with Crippen LogP contribution in [-0.2, 0) is 0 Å². The normalized spacial score (nSPS) is 19.2. The fourth-order valence-corrected chi connectivity index (χ4v) is 4.22. The molecule has 1 aliphatic rings. The molecule has 1 heterocycles. The van der Waals surface area contributed by atoms with Gasteiger partial charge in [-0.3, -0.25) is 4.79 Å². The molecule has 1 aliphatic carbocycles. The number of aromatic nitrogens is 1. The summed E-state index contributed by atoms with van der Waals surface area (Å²) >= 11 is 0. The molecular formula is C23H38N4O3. The third kappa shape index (κ3) is 8.20. The number of nitrogens with zero attached hydrogens (tertiary/aromatic N) is 1. The fraction of sp³-hybridized carbons (Fsp3) is 0.696. The first-order valence-corrected chi connectivity index (χ1v) is 11.2. The van der Waals surface area contributed by atoms with Crippen molar-refractivity contribution in [3.63, 3.8) is 0 Å². The van der Waals surface area contributed by atoms with Gasteiger partial charge in [0.25, 0.3) is 5.91 Å². The highest BCUT2D eigenvalue weighted by Gasteiger charge is 2.25. The van der Waals surface area contributed by atoms with Gasteiger partial charge in [-0.25, -0.2) is 9.78 Å². The Morgan fingerprint density at radius 3 is 2.33 bits per heavy atom. The molecule has 0 unspecified atom stereocenters. The van der Waals surface area contributed by atoms with E-state index in [-0.39, 0.29) is 18.2 Å². The van der Waals surface area contributed by atoms with E-state index in [0.29, 0.717) is 29.2 Å². The van der Waals surface area contributed by atoms with E-state index in [1.165, 1.54) is 0 Å². The number of hydrogen-bond acceptors (Lipinski definition) is 4. The van der Waals surface area contributed by atoms with Crippen molar-refractivity contribution in [3.8, 4) is 5.88 Å². The van der Waals surface area contributed by atoms with Crippen LogP contribution < -0.4 is 21.1 Å². The highest BCUT2D eigenvalue weighted by atomic mass is 16.5. The average Bonchev–Trinajstić information content (AvgIpc) is 2.67. The van der Waals surface area contributed by atoms with Crippen molar-refractivity contribution in [2.45, 2.75) is 78.4 Å². The Balaban J connectivity index is 1.75. The molecule has 0 aromatic carbocycles. The lowest BCUT2D eigenvalue weighted by Gasteiger charge is -2.30. The summed E-state index contributed by atoms with van der Waals surface area (Å²) in [5.41, 5.74) is 5.69. The SMILES string of the molecule is CC(C)CC(CNC(=O)NC1CCC(Oc2ncccc2C(N)=O)CC1)CC(C)C. The van der Waals surface area contributed by atoms with Gasteiger partial charge in [0.05, 0.1) is 0 Å². The van der Waals surface area contributed by atoms with Crippen LogP contribution in [0.1, 0.15) is 76.6 Å². The van der Waals surface area contributed by atoms with Crippen molar-refractivity contribution in [3.05, 3.63) is 23.9 Å². The van der Waals surface area contributed by atoms with Gasteiger partial charge in [0.1, 0.15) is 11.7 Å². The van der Waals surface area contributed by atoms with Crippen LogP contribution in [0.5, 0.6) is 5.88 Å². The summed E-state index contributed by atoms with van der Waals surface area (Å²) in [5, 5.41) is 6.17. The molecule has 2 rings (SSSR count). The van der Waals surface area contributed by atoms with Crippen molar-refractivity contribution in [1.82, 2.24) is 15.6 Å². The van der Waals surface area contributed by atoms with Crippen molar-refractivity contribution in [1.29, 1.82) is 0 Å². The van der Waals surface area contributed by atoms with Gasteiger partial charge in [-0.2, -0.15) is 0 Å². The van der Waals surface area contributed by atoms with E-state index in [1.807, 2.05) is 0 Å². The van der Waals surface area contributed by atoms with E-state index in [0.717, 1.165) is 45.1 Å². The lowest BCUT2D eigenvalue weighted by atomic mass is 9.89. The monoisotopic (exact) mass is 418 g/mol. The number of ether oxygens (including phenoxy) is 1. The molecule has 7 heteroatoms. The topological polar surface area (TPSA) is 106 Å². The standard InChI is InChI=1S/C23H38N4O3/c1-15(2)12-17(13-16(3)4)14-26-23(29)27-18-7-9-19(10-8-18)30-22-20(21(24)28)6-5-11-25-22/h5-6,11,15-19H,7-10,12-14H2,1-4H3,(H2,24,28)(H2,26,27,29). The van der Waals surface area contributed by atoms with Gasteiger partial charge in [-0.15, -0.1) is 0 Å². The number of nitrogens with two attached hydrogens (primary N) is 1. The number of amides is 3. The Bertz CT molecular complexity index is 675. The molecule has 0 aliphatic heterocycles. The number of nitrogens with one attached hydrogen (secondary N) is 2. The second kappa shape index (κ2) is 11.8. The zero-order valence-electron chi connectivity index (χ0n) is 18.8. The molecule has 1 fully saturated rings. The average molecular weight is 419 g/mol. The summed E-state index contributed by atoms with van der Waals surface area (Å²) in [4.78, 5) is 28.0. The molecule has 0 spiro atoms. The molecule has 0 bridgehead atoms. The second-order valence-electron chi connectivity index (χ2n) is 9.29. The van der Waals surface area contributed by atoms with E-state index < -0.39 is 5.91 Å². The summed E-state index contributed by atoms with van der Waals surface area (Å²) in [6.07, 6.45) is 7.07. The first-order chi connectivity index (χ1) is 14.2. The molecule has 1 saturated carbocycles. The molecule has 4 N–H and O–H groups in total. The minimum atomic E-state index is -0.543. The molecule has 3 amide bonds. The number of urea groups is 1. The number of primary amides is 1. The molecule has 0 radical (unpaired) electrons. The van der Waals surface area contributed by atoms with Gasteiger partial charge >= 0.3 is 6.03 Å². The molecule has 30 heavy (non-hydrogen) atoms. The van der Waals surface area contributed by atoms with Crippen LogP contribution in [0.3, 0.4) is 0 Å². The van der Waals surface area contributed by atoms with E-state index in [9.17, 15) is 9.59 Å². The van der Waals surface area contributed by atoms with Gasteiger partial charge in [-0.1, -0.05) is 27.7 Å². The summed E-state index contributed by atoms with van der Waals surface area (Å²) in [7, 11) is 0. The highest BCUT2D eigenvalue weighted by Crippen LogP contribution is 2.25. The van der Waals surface area contributed by atoms with Crippen molar-refractivity contribution in [2.75, 3.05) is 6.54 Å². The van der Waals surface area contributed by atoms with Gasteiger partial charge in [0.15, 0.2) is 0 Å². The molecule has 0 atom stereocenters. The Labute approximate surface area is 180 Å². The van der Waals surface area contributed by atoms with Crippen molar-refractivity contribution >= 4 is 11.9 Å². The smallest absolute Gasteiger partial charge is 0.315 e. The van der Waals surface area contributed by atoms with Crippen LogP contribution in [-0.4, -0.2) is 35.6 Å². The Kier molecular flexibility index (Phi) is 9.40. The van der Waals surface area contributed by atoms with E-state index >= 15 is 0 Å². The number of rotatable bonds is 10. The fourth-order valence-electron chi connectivity index (χ4n) is 4.22. The minimum absolute atomic E-state index is 0.0272. The first-order valence-electron chi connectivity index (χ1n) is 11.2. The molecule has 1 aromatic heterocycles. The molecule has 0 saturated heterocycles. The highest BCUT2D eigenvalue weighted by molar-refractivity contribution is 5.94. The molecule has 7 nitrogen and oxygen atoms in total. The van der Waals surface area contributed by atoms with Crippen molar-refractivity contribution < 1.29 is 14.3 Å². The summed E-state index contributed by atoms with van der Waals surface area (Å²) in [5.74, 6) is 1.52. The van der Waals surface area contributed by atoms with E-state index in [2.05, 4.69) is 43.3 Å². The van der Waals surface area contributed by atoms with Crippen LogP contribution >= 0.6 is 0 Å². The maximum atomic E-state index is 12.4. The van der Waals surface area contributed by atoms with Crippen LogP contribution in [0.4, 0.5) is 4.79 Å². The van der Waals surface area contributed by atoms with E-state index in [4.69, 9.17) is 10.5 Å². The van der Waals surface area contributed by atoms with Crippen LogP contribution in [0.25, 0.3) is 0 Å². The maximum absolute atomic E-state index is 12.4. The number of pyridine rings is 1. The summed E-state index contributed by atoms with van der Waals surface area (Å²) in [6.45, 7) is 9.63.